The van der Waals surface area contributed by atoms with Gasteiger partial charge in [0, 0.05) is 65.3 Å². The second-order valence-corrected chi connectivity index (χ2v) is 8.67. The number of benzene rings is 1. The number of nitrogens with one attached hydrogen (secondary N) is 1. The van der Waals surface area contributed by atoms with Crippen LogP contribution < -0.4 is 10.2 Å². The van der Waals surface area contributed by atoms with Gasteiger partial charge in [0.1, 0.15) is 0 Å². The van der Waals surface area contributed by atoms with E-state index in [1.54, 1.807) is 12.4 Å². The highest BCUT2D eigenvalue weighted by Gasteiger charge is 2.21. The van der Waals surface area contributed by atoms with Crippen LogP contribution in [-0.2, 0) is 13.1 Å². The van der Waals surface area contributed by atoms with Crippen LogP contribution in [0.3, 0.4) is 0 Å². The van der Waals surface area contributed by atoms with Crippen LogP contribution >= 0.6 is 24.0 Å². The number of hydrogen-bond acceptors (Lipinski definition) is 5. The van der Waals surface area contributed by atoms with Crippen LogP contribution in [0.25, 0.3) is 0 Å². The van der Waals surface area contributed by atoms with E-state index in [2.05, 4.69) is 66.2 Å². The van der Waals surface area contributed by atoms with Crippen molar-refractivity contribution in [2.75, 3.05) is 51.2 Å². The van der Waals surface area contributed by atoms with E-state index in [9.17, 15) is 0 Å². The lowest BCUT2D eigenvalue weighted by Crippen LogP contribution is -2.52. The molecule has 4 rings (SSSR count). The number of piperidine rings is 1. The van der Waals surface area contributed by atoms with Crippen LogP contribution in [0.15, 0.2) is 47.7 Å². The number of anilines is 1. The van der Waals surface area contributed by atoms with Crippen molar-refractivity contribution >= 4 is 35.9 Å². The highest BCUT2D eigenvalue weighted by Crippen LogP contribution is 2.19. The van der Waals surface area contributed by atoms with Gasteiger partial charge in [-0.05, 0) is 42.5 Å². The Balaban J connectivity index is 0.00000289. The van der Waals surface area contributed by atoms with Crippen LogP contribution in [0.4, 0.5) is 5.95 Å². The van der Waals surface area contributed by atoms with Crippen molar-refractivity contribution in [2.45, 2.75) is 32.9 Å². The van der Waals surface area contributed by atoms with Gasteiger partial charge in [0.05, 0.1) is 0 Å². The van der Waals surface area contributed by atoms with Crippen molar-refractivity contribution in [3.8, 4) is 0 Å². The highest BCUT2D eigenvalue weighted by molar-refractivity contribution is 14.0. The maximum Gasteiger partial charge on any atom is 0.225 e. The summed E-state index contributed by atoms with van der Waals surface area (Å²) in [5, 5.41) is 3.60. The van der Waals surface area contributed by atoms with Gasteiger partial charge in [-0.3, -0.25) is 9.89 Å². The number of hydrogen-bond donors (Lipinski definition) is 1. The van der Waals surface area contributed by atoms with Gasteiger partial charge in [0.15, 0.2) is 5.96 Å². The minimum Gasteiger partial charge on any atom is -0.352 e. The summed E-state index contributed by atoms with van der Waals surface area (Å²) < 4.78 is 0. The van der Waals surface area contributed by atoms with Gasteiger partial charge >= 0.3 is 0 Å². The SMILES string of the molecule is CN=C(NCc1ccccc1CN1CCCC(C)C1)N1CCN(c2ncccn2)CC1.I. The third-order valence-electron chi connectivity index (χ3n) is 6.32. The second-order valence-electron chi connectivity index (χ2n) is 8.67. The van der Waals surface area contributed by atoms with E-state index in [1.807, 2.05) is 13.1 Å². The first-order chi connectivity index (χ1) is 15.2. The quantitative estimate of drug-likeness (QED) is 0.351. The van der Waals surface area contributed by atoms with Crippen LogP contribution in [0.5, 0.6) is 0 Å². The molecule has 0 radical (unpaired) electrons. The van der Waals surface area contributed by atoms with Crippen LogP contribution in [0.2, 0.25) is 0 Å². The van der Waals surface area contributed by atoms with Gasteiger partial charge in [-0.25, -0.2) is 9.97 Å². The zero-order chi connectivity index (χ0) is 21.5. The van der Waals surface area contributed by atoms with Gasteiger partial charge in [-0.2, -0.15) is 0 Å². The van der Waals surface area contributed by atoms with Gasteiger partial charge < -0.3 is 15.1 Å². The zero-order valence-electron chi connectivity index (χ0n) is 19.3. The number of rotatable bonds is 5. The minimum atomic E-state index is 0. The molecule has 1 N–H and O–H groups in total. The first kappa shape index (κ1) is 24.7. The topological polar surface area (TPSA) is 59.9 Å². The van der Waals surface area contributed by atoms with Gasteiger partial charge in [0.2, 0.25) is 5.95 Å². The number of halogens is 1. The molecule has 1 atom stereocenters. The lowest BCUT2D eigenvalue weighted by atomic mass is 9.99. The number of guanidine groups is 1. The number of aromatic nitrogens is 2. The van der Waals surface area contributed by atoms with Crippen molar-refractivity contribution in [2.24, 2.45) is 10.9 Å². The van der Waals surface area contributed by atoms with Crippen molar-refractivity contribution in [3.05, 3.63) is 53.9 Å². The van der Waals surface area contributed by atoms with Crippen molar-refractivity contribution < 1.29 is 0 Å². The van der Waals surface area contributed by atoms with Gasteiger partial charge in [-0.1, -0.05) is 31.2 Å². The molecule has 0 aliphatic carbocycles. The van der Waals surface area contributed by atoms with E-state index in [-0.39, 0.29) is 24.0 Å². The Labute approximate surface area is 209 Å². The molecule has 2 aromatic rings. The van der Waals surface area contributed by atoms with E-state index >= 15 is 0 Å². The van der Waals surface area contributed by atoms with E-state index in [0.717, 1.165) is 57.1 Å². The molecule has 2 saturated heterocycles. The average molecular weight is 550 g/mol. The fourth-order valence-corrected chi connectivity index (χ4v) is 4.63. The van der Waals surface area contributed by atoms with E-state index < -0.39 is 0 Å². The Hall–Kier alpha value is -1.94. The Morgan fingerprint density at radius 1 is 1.03 bits per heavy atom. The third-order valence-corrected chi connectivity index (χ3v) is 6.32. The van der Waals surface area contributed by atoms with Gasteiger partial charge in [0.25, 0.3) is 0 Å². The summed E-state index contributed by atoms with van der Waals surface area (Å²) in [4.78, 5) is 20.5. The standard InChI is InChI=1S/C24H35N7.HI/c1-20-7-5-12-29(18-20)19-22-9-4-3-8-21(22)17-28-23(25-2)30-13-15-31(16-14-30)24-26-10-6-11-27-24;/h3-4,6,8-11,20H,5,7,12-19H2,1-2H3,(H,25,28);1H. The molecule has 174 valence electrons. The maximum absolute atomic E-state index is 4.55. The lowest BCUT2D eigenvalue weighted by Gasteiger charge is -2.36. The molecule has 1 aromatic heterocycles. The molecule has 32 heavy (non-hydrogen) atoms. The summed E-state index contributed by atoms with van der Waals surface area (Å²) in [6, 6.07) is 10.7. The molecule has 0 spiro atoms. The lowest BCUT2D eigenvalue weighted by molar-refractivity contribution is 0.176. The molecule has 0 bridgehead atoms. The van der Waals surface area contributed by atoms with Crippen molar-refractivity contribution in [1.82, 2.24) is 25.1 Å². The summed E-state index contributed by atoms with van der Waals surface area (Å²) in [5.41, 5.74) is 2.78. The second kappa shape index (κ2) is 12.3. The Kier molecular flexibility index (Phi) is 9.52. The molecule has 2 aliphatic rings. The molecule has 1 aromatic carbocycles. The van der Waals surface area contributed by atoms with E-state index in [1.165, 1.54) is 37.1 Å². The molecule has 3 heterocycles. The Morgan fingerprint density at radius 3 is 2.44 bits per heavy atom. The van der Waals surface area contributed by atoms with Crippen LogP contribution in [0.1, 0.15) is 30.9 Å². The molecule has 1 unspecified atom stereocenters. The van der Waals surface area contributed by atoms with E-state index in [0.29, 0.717) is 0 Å². The Bertz CT molecular complexity index is 852. The van der Waals surface area contributed by atoms with E-state index in [4.69, 9.17) is 0 Å². The molecule has 2 fully saturated rings. The number of piperazine rings is 1. The fourth-order valence-electron chi connectivity index (χ4n) is 4.63. The average Bonchev–Trinajstić information content (AvgIpc) is 2.81. The van der Waals surface area contributed by atoms with Gasteiger partial charge in [-0.15, -0.1) is 24.0 Å². The molecule has 8 heteroatoms. The fraction of sp³-hybridized carbons (Fsp3) is 0.542. The third kappa shape index (κ3) is 6.54. The summed E-state index contributed by atoms with van der Waals surface area (Å²) in [6.07, 6.45) is 6.28. The summed E-state index contributed by atoms with van der Waals surface area (Å²) in [6.45, 7) is 10.2. The zero-order valence-corrected chi connectivity index (χ0v) is 21.6. The van der Waals surface area contributed by atoms with Crippen LogP contribution in [-0.4, -0.2) is 72.0 Å². The monoisotopic (exact) mass is 549 g/mol. The predicted molar refractivity (Wildman–Crippen MR) is 142 cm³/mol. The van der Waals surface area contributed by atoms with Crippen molar-refractivity contribution in [1.29, 1.82) is 0 Å². The normalized spacial score (nSPS) is 20.1. The molecule has 0 amide bonds. The first-order valence-corrected chi connectivity index (χ1v) is 11.5. The summed E-state index contributed by atoms with van der Waals surface area (Å²) in [7, 11) is 1.87. The largest absolute Gasteiger partial charge is 0.352 e. The maximum atomic E-state index is 4.55. The molecular weight excluding hydrogens is 513 g/mol. The number of aliphatic imine (C=N–C) groups is 1. The molecule has 7 nitrogen and oxygen atoms in total. The summed E-state index contributed by atoms with van der Waals surface area (Å²) in [5.74, 6) is 2.58. The minimum absolute atomic E-state index is 0. The number of likely N-dealkylation sites (tertiary alicyclic amines) is 1. The summed E-state index contributed by atoms with van der Waals surface area (Å²) >= 11 is 0. The van der Waals surface area contributed by atoms with Crippen LogP contribution in [0, 0.1) is 5.92 Å². The first-order valence-electron chi connectivity index (χ1n) is 11.5. The number of nitrogens with zero attached hydrogens (tertiary/aromatic N) is 6. The smallest absolute Gasteiger partial charge is 0.225 e. The molecular formula is C24H36IN7. The predicted octanol–water partition coefficient (Wildman–Crippen LogP) is 3.22. The molecule has 2 aliphatic heterocycles. The molecule has 0 saturated carbocycles. The van der Waals surface area contributed by atoms with Crippen molar-refractivity contribution in [3.63, 3.8) is 0 Å². The Morgan fingerprint density at radius 2 is 1.75 bits per heavy atom. The highest BCUT2D eigenvalue weighted by atomic mass is 127.